The van der Waals surface area contributed by atoms with Crippen molar-refractivity contribution >= 4 is 15.2 Å². The minimum atomic E-state index is -1.96. The van der Waals surface area contributed by atoms with E-state index in [2.05, 4.69) is 54.5 Å². The lowest BCUT2D eigenvalue weighted by Crippen LogP contribution is -2.55. The fourth-order valence-corrected chi connectivity index (χ4v) is 13.7. The summed E-state index contributed by atoms with van der Waals surface area (Å²) in [4.78, 5) is 0. The molecule has 0 fully saturated rings. The van der Waals surface area contributed by atoms with Crippen LogP contribution in [0.3, 0.4) is 0 Å². The van der Waals surface area contributed by atoms with E-state index in [1.807, 2.05) is 0 Å². The average Bonchev–Trinajstić information content (AvgIpc) is 2.32. The van der Waals surface area contributed by atoms with Gasteiger partial charge >= 0.3 is 7.12 Å². The fourth-order valence-electron chi connectivity index (χ4n) is 4.96. The van der Waals surface area contributed by atoms with Crippen LogP contribution in [0.4, 0.5) is 0 Å². The first-order valence-electron chi connectivity index (χ1n) is 7.89. The highest BCUT2D eigenvalue weighted by atomic mass is 28.3. The fraction of sp³-hybridized carbons (Fsp3) is 0.933. The molecule has 1 unspecified atom stereocenters. The molecule has 0 aromatic heterocycles. The van der Waals surface area contributed by atoms with Gasteiger partial charge in [-0.25, -0.2) is 0 Å². The highest BCUT2D eigenvalue weighted by Crippen LogP contribution is 2.60. The second-order valence-electron chi connectivity index (χ2n) is 6.96. The Balaban J connectivity index is 5.96. The summed E-state index contributed by atoms with van der Waals surface area (Å²) < 4.78 is 0. The van der Waals surface area contributed by atoms with E-state index in [0.29, 0.717) is 29.4 Å². The molecule has 0 bridgehead atoms. The largest absolute Gasteiger partial charge is 0.451 e. The van der Waals surface area contributed by atoms with E-state index in [0.717, 1.165) is 6.42 Å². The van der Waals surface area contributed by atoms with Gasteiger partial charge in [0.05, 0.1) is 19.2 Å². The maximum Gasteiger partial charge on any atom is 0.451 e. The van der Waals surface area contributed by atoms with Gasteiger partial charge in [-0.1, -0.05) is 48.5 Å². The first-order chi connectivity index (χ1) is 9.12. The van der Waals surface area contributed by atoms with Gasteiger partial charge in [-0.05, 0) is 35.8 Å². The maximum absolute atomic E-state index is 9.99. The molecule has 0 aliphatic carbocycles. The third-order valence-corrected chi connectivity index (χ3v) is 13.4. The van der Waals surface area contributed by atoms with Crippen molar-refractivity contribution in [1.29, 1.82) is 5.26 Å². The predicted octanol–water partition coefficient (Wildman–Crippen LogP) is 4.20. The van der Waals surface area contributed by atoms with Crippen LogP contribution in [-0.4, -0.2) is 25.2 Å². The average molecular weight is 297 g/mol. The molecule has 1 atom stereocenters. The second kappa shape index (κ2) is 7.63. The third-order valence-electron chi connectivity index (χ3n) is 5.34. The molecule has 0 radical (unpaired) electrons. The van der Waals surface area contributed by atoms with Crippen LogP contribution in [0.1, 0.15) is 61.3 Å². The Morgan fingerprint density at radius 3 is 1.65 bits per heavy atom. The molecule has 0 spiro atoms. The van der Waals surface area contributed by atoms with Crippen molar-refractivity contribution in [2.45, 2.75) is 89.3 Å². The second-order valence-corrected chi connectivity index (χ2v) is 13.3. The van der Waals surface area contributed by atoms with Gasteiger partial charge in [-0.15, -0.1) is 0 Å². The van der Waals surface area contributed by atoms with Crippen molar-refractivity contribution in [3.63, 3.8) is 0 Å². The molecule has 20 heavy (non-hydrogen) atoms. The third kappa shape index (κ3) is 3.29. The highest BCUT2D eigenvalue weighted by Gasteiger charge is 2.57. The van der Waals surface area contributed by atoms with Crippen molar-refractivity contribution in [1.82, 2.24) is 0 Å². The van der Waals surface area contributed by atoms with E-state index in [-0.39, 0.29) is 5.04 Å². The first-order valence-corrected chi connectivity index (χ1v) is 10.1. The molecular weight excluding hydrogens is 265 g/mol. The highest BCUT2D eigenvalue weighted by molar-refractivity contribution is 6.87. The van der Waals surface area contributed by atoms with E-state index in [1.54, 1.807) is 0 Å². The Hall–Kier alpha value is -0.308. The van der Waals surface area contributed by atoms with E-state index in [4.69, 9.17) is 0 Å². The summed E-state index contributed by atoms with van der Waals surface area (Å²) in [5.41, 5.74) is 1.49. The lowest BCUT2D eigenvalue weighted by atomic mass is 9.80. The summed E-state index contributed by atoms with van der Waals surface area (Å²) in [5, 5.41) is 28.1. The van der Waals surface area contributed by atoms with Gasteiger partial charge in [0.2, 0.25) is 0 Å². The number of rotatable bonds is 8. The van der Waals surface area contributed by atoms with E-state index >= 15 is 0 Å². The zero-order chi connectivity index (χ0) is 16.1. The van der Waals surface area contributed by atoms with Crippen molar-refractivity contribution in [2.75, 3.05) is 0 Å². The molecule has 0 aliphatic rings. The summed E-state index contributed by atoms with van der Waals surface area (Å²) in [6.45, 7) is 15.6. The van der Waals surface area contributed by atoms with Crippen molar-refractivity contribution in [3.05, 3.63) is 0 Å². The summed E-state index contributed by atoms with van der Waals surface area (Å²) in [6, 6.07) is 2.65. The molecule has 0 amide bonds. The molecule has 0 saturated heterocycles. The van der Waals surface area contributed by atoms with E-state index in [1.165, 1.54) is 0 Å². The number of nitrogens with zero attached hydrogens (tertiary/aromatic N) is 1. The maximum atomic E-state index is 9.99. The van der Waals surface area contributed by atoms with Crippen LogP contribution < -0.4 is 0 Å². The minimum absolute atomic E-state index is 0.294. The van der Waals surface area contributed by atoms with Gasteiger partial charge in [0.1, 0.15) is 0 Å². The number of hydrogen-bond donors (Lipinski definition) is 2. The zero-order valence-corrected chi connectivity index (χ0v) is 15.3. The van der Waals surface area contributed by atoms with Gasteiger partial charge in [0.15, 0.2) is 0 Å². The van der Waals surface area contributed by atoms with Gasteiger partial charge in [0.25, 0.3) is 0 Å². The van der Waals surface area contributed by atoms with Crippen LogP contribution in [0, 0.1) is 11.3 Å². The van der Waals surface area contributed by atoms with Crippen molar-refractivity contribution < 1.29 is 10.0 Å². The Morgan fingerprint density at radius 2 is 1.45 bits per heavy atom. The zero-order valence-electron chi connectivity index (χ0n) is 14.3. The Labute approximate surface area is 126 Å². The van der Waals surface area contributed by atoms with Crippen molar-refractivity contribution in [2.24, 2.45) is 0 Å². The Bertz CT molecular complexity index is 317. The first kappa shape index (κ1) is 19.7. The standard InChI is InChI=1S/C15H32BNO2Si/c1-8-15(11-17,9-10-16(18)19)20(12(2)3,13(4)5)14(6)7/h12-14,18-19H,8-10H2,1-7H3. The van der Waals surface area contributed by atoms with Crippen molar-refractivity contribution in [3.8, 4) is 6.07 Å². The smallest absolute Gasteiger partial charge is 0.427 e. The molecular formula is C15H32BNO2Si. The Kier molecular flexibility index (Phi) is 7.51. The van der Waals surface area contributed by atoms with Crippen LogP contribution in [0.2, 0.25) is 28.0 Å². The quantitative estimate of drug-likeness (QED) is 0.660. The van der Waals surface area contributed by atoms with Gasteiger partial charge < -0.3 is 10.0 Å². The Morgan fingerprint density at radius 1 is 1.05 bits per heavy atom. The molecule has 0 saturated carbocycles. The molecule has 0 rings (SSSR count). The number of hydrogen-bond acceptors (Lipinski definition) is 3. The summed E-state index contributed by atoms with van der Waals surface area (Å²) in [5.74, 6) is 0. The summed E-state index contributed by atoms with van der Waals surface area (Å²) in [7, 11) is -3.27. The molecule has 116 valence electrons. The van der Waals surface area contributed by atoms with Gasteiger partial charge in [-0.3, -0.25) is 0 Å². The van der Waals surface area contributed by atoms with E-state index in [9.17, 15) is 15.3 Å². The van der Waals surface area contributed by atoms with E-state index < -0.39 is 15.2 Å². The van der Waals surface area contributed by atoms with Crippen LogP contribution in [0.15, 0.2) is 0 Å². The molecule has 0 aromatic carbocycles. The summed E-state index contributed by atoms with van der Waals surface area (Å²) >= 11 is 0. The lowest BCUT2D eigenvalue weighted by Gasteiger charge is -2.53. The molecule has 2 N–H and O–H groups in total. The molecule has 3 nitrogen and oxygen atoms in total. The SMILES string of the molecule is CCC(C#N)(CCB(O)O)[Si](C(C)C)(C(C)C)C(C)C. The molecule has 0 aromatic rings. The molecule has 0 aliphatic heterocycles. The number of nitriles is 1. The monoisotopic (exact) mass is 297 g/mol. The van der Waals surface area contributed by atoms with Crippen LogP contribution in [0.25, 0.3) is 0 Å². The normalized spacial score (nSPS) is 15.6. The predicted molar refractivity (Wildman–Crippen MR) is 89.3 cm³/mol. The molecule has 0 heterocycles. The topological polar surface area (TPSA) is 64.2 Å². The molecule has 5 heteroatoms. The van der Waals surface area contributed by atoms with Gasteiger partial charge in [0, 0.05) is 0 Å². The van der Waals surface area contributed by atoms with Crippen LogP contribution in [0.5, 0.6) is 0 Å². The summed E-state index contributed by atoms with van der Waals surface area (Å²) in [6.07, 6.45) is 1.69. The van der Waals surface area contributed by atoms with Gasteiger partial charge in [-0.2, -0.15) is 5.26 Å². The van der Waals surface area contributed by atoms with Crippen LogP contribution in [-0.2, 0) is 0 Å². The van der Waals surface area contributed by atoms with Crippen LogP contribution >= 0.6 is 0 Å². The lowest BCUT2D eigenvalue weighted by molar-refractivity contribution is 0.396. The minimum Gasteiger partial charge on any atom is -0.427 e.